The summed E-state index contributed by atoms with van der Waals surface area (Å²) in [5.41, 5.74) is 0. The van der Waals surface area contributed by atoms with Gasteiger partial charge in [-0.3, -0.25) is 4.79 Å². The van der Waals surface area contributed by atoms with E-state index in [4.69, 9.17) is 0 Å². The molecule has 0 radical (unpaired) electrons. The second-order valence-electron chi connectivity index (χ2n) is 7.41. The van der Waals surface area contributed by atoms with E-state index in [-0.39, 0.29) is 11.9 Å². The van der Waals surface area contributed by atoms with Crippen LogP contribution in [0.25, 0.3) is 0 Å². The van der Waals surface area contributed by atoms with Crippen LogP contribution in [-0.4, -0.2) is 31.1 Å². The van der Waals surface area contributed by atoms with Crippen LogP contribution in [0.4, 0.5) is 4.79 Å². The number of hydrogen-bond acceptors (Lipinski definition) is 2. The van der Waals surface area contributed by atoms with Gasteiger partial charge in [-0.25, -0.2) is 4.79 Å². The van der Waals surface area contributed by atoms with Crippen molar-refractivity contribution >= 4 is 11.9 Å². The Morgan fingerprint density at radius 1 is 0.957 bits per heavy atom. The summed E-state index contributed by atoms with van der Waals surface area (Å²) in [4.78, 5) is 23.5. The van der Waals surface area contributed by atoms with Crippen molar-refractivity contribution in [1.82, 2.24) is 16.0 Å². The predicted octanol–water partition coefficient (Wildman–Crippen LogP) is 2.95. The summed E-state index contributed by atoms with van der Waals surface area (Å²) in [7, 11) is 0. The Morgan fingerprint density at radius 3 is 2.43 bits per heavy atom. The van der Waals surface area contributed by atoms with E-state index in [1.165, 1.54) is 38.5 Å². The van der Waals surface area contributed by atoms with Crippen molar-refractivity contribution in [3.8, 4) is 0 Å². The molecule has 2 atom stereocenters. The number of hydrogen-bond donors (Lipinski definition) is 3. The molecule has 0 heterocycles. The zero-order chi connectivity index (χ0) is 16.5. The number of carbonyl (C=O) groups excluding carboxylic acids is 2. The molecule has 0 aromatic heterocycles. The van der Waals surface area contributed by atoms with E-state index in [9.17, 15) is 9.59 Å². The fourth-order valence-electron chi connectivity index (χ4n) is 3.93. The van der Waals surface area contributed by atoms with Crippen LogP contribution in [-0.2, 0) is 4.79 Å². The molecule has 2 aliphatic rings. The Bertz CT molecular complexity index is 380. The van der Waals surface area contributed by atoms with Crippen molar-refractivity contribution < 1.29 is 9.59 Å². The Balaban J connectivity index is 1.47. The standard InChI is InChI=1S/C18H33N3O2/c1-14-5-4-6-15(13-14)9-11-19-18(23)20-12-10-17(22)21-16-7-2-3-8-16/h14-16H,2-13H2,1H3,(H,21,22)(H2,19,20,23). The first-order valence-electron chi connectivity index (χ1n) is 9.44. The summed E-state index contributed by atoms with van der Waals surface area (Å²) >= 11 is 0. The van der Waals surface area contributed by atoms with E-state index in [0.29, 0.717) is 19.0 Å². The van der Waals surface area contributed by atoms with Gasteiger partial charge in [-0.15, -0.1) is 0 Å². The lowest BCUT2D eigenvalue weighted by molar-refractivity contribution is -0.121. The van der Waals surface area contributed by atoms with Gasteiger partial charge in [0.15, 0.2) is 0 Å². The molecular weight excluding hydrogens is 290 g/mol. The van der Waals surface area contributed by atoms with Crippen molar-refractivity contribution in [2.24, 2.45) is 11.8 Å². The number of nitrogens with one attached hydrogen (secondary N) is 3. The normalized spacial score (nSPS) is 25.1. The molecule has 3 N–H and O–H groups in total. The number of rotatable bonds is 7. The van der Waals surface area contributed by atoms with Crippen molar-refractivity contribution in [2.45, 2.75) is 77.2 Å². The molecule has 5 nitrogen and oxygen atoms in total. The van der Waals surface area contributed by atoms with Gasteiger partial charge in [0.2, 0.25) is 5.91 Å². The smallest absolute Gasteiger partial charge is 0.314 e. The second kappa shape index (κ2) is 9.78. The Morgan fingerprint density at radius 2 is 1.70 bits per heavy atom. The van der Waals surface area contributed by atoms with Crippen molar-refractivity contribution in [3.05, 3.63) is 0 Å². The Hall–Kier alpha value is -1.26. The van der Waals surface area contributed by atoms with Crippen molar-refractivity contribution in [3.63, 3.8) is 0 Å². The van der Waals surface area contributed by atoms with Gasteiger partial charge in [0.25, 0.3) is 0 Å². The van der Waals surface area contributed by atoms with E-state index in [1.54, 1.807) is 0 Å². The van der Waals surface area contributed by atoms with Crippen molar-refractivity contribution in [2.75, 3.05) is 13.1 Å². The highest BCUT2D eigenvalue weighted by Crippen LogP contribution is 2.30. The van der Waals surface area contributed by atoms with Crippen LogP contribution in [0.2, 0.25) is 0 Å². The van der Waals surface area contributed by atoms with Crippen LogP contribution in [0.3, 0.4) is 0 Å². The maximum Gasteiger partial charge on any atom is 0.314 e. The van der Waals surface area contributed by atoms with Gasteiger partial charge in [-0.1, -0.05) is 39.0 Å². The van der Waals surface area contributed by atoms with Crippen LogP contribution in [0.1, 0.15) is 71.1 Å². The molecule has 0 aliphatic heterocycles. The number of amides is 3. The lowest BCUT2D eigenvalue weighted by Gasteiger charge is -2.26. The minimum absolute atomic E-state index is 0.0494. The molecule has 3 amide bonds. The molecule has 2 unspecified atom stereocenters. The van der Waals surface area contributed by atoms with E-state index < -0.39 is 0 Å². The summed E-state index contributed by atoms with van der Waals surface area (Å²) in [5, 5.41) is 8.72. The SMILES string of the molecule is CC1CCCC(CCNC(=O)NCCC(=O)NC2CCCC2)C1. The molecule has 23 heavy (non-hydrogen) atoms. The summed E-state index contributed by atoms with van der Waals surface area (Å²) in [6, 6.07) is 0.205. The monoisotopic (exact) mass is 323 g/mol. The summed E-state index contributed by atoms with van der Waals surface area (Å²) < 4.78 is 0. The van der Waals surface area contributed by atoms with Crippen LogP contribution >= 0.6 is 0 Å². The average molecular weight is 323 g/mol. The number of urea groups is 1. The Labute approximate surface area is 140 Å². The molecular formula is C18H33N3O2. The summed E-state index contributed by atoms with van der Waals surface area (Å²) in [6.45, 7) is 3.46. The lowest BCUT2D eigenvalue weighted by atomic mass is 9.81. The number of carbonyl (C=O) groups is 2. The largest absolute Gasteiger partial charge is 0.353 e. The highest BCUT2D eigenvalue weighted by Gasteiger charge is 2.19. The zero-order valence-electron chi connectivity index (χ0n) is 14.5. The molecule has 2 rings (SSSR count). The molecule has 5 heteroatoms. The summed E-state index contributed by atoms with van der Waals surface area (Å²) in [6.07, 6.45) is 11.3. The van der Waals surface area contributed by atoms with E-state index in [0.717, 1.165) is 37.6 Å². The predicted molar refractivity (Wildman–Crippen MR) is 92.2 cm³/mol. The minimum Gasteiger partial charge on any atom is -0.353 e. The van der Waals surface area contributed by atoms with Gasteiger partial charge in [-0.2, -0.15) is 0 Å². The zero-order valence-corrected chi connectivity index (χ0v) is 14.5. The van der Waals surface area contributed by atoms with E-state index in [2.05, 4.69) is 22.9 Å². The second-order valence-corrected chi connectivity index (χ2v) is 7.41. The molecule has 132 valence electrons. The fourth-order valence-corrected chi connectivity index (χ4v) is 3.93. The van der Waals surface area contributed by atoms with E-state index >= 15 is 0 Å². The maximum absolute atomic E-state index is 11.7. The quantitative estimate of drug-likeness (QED) is 0.674. The third kappa shape index (κ3) is 7.23. The first-order valence-corrected chi connectivity index (χ1v) is 9.44. The summed E-state index contributed by atoms with van der Waals surface area (Å²) in [5.74, 6) is 1.64. The molecule has 0 spiro atoms. The molecule has 0 saturated heterocycles. The molecule has 2 saturated carbocycles. The van der Waals surface area contributed by atoms with Gasteiger partial charge in [0, 0.05) is 25.6 Å². The third-order valence-electron chi connectivity index (χ3n) is 5.24. The molecule has 0 bridgehead atoms. The highest BCUT2D eigenvalue weighted by atomic mass is 16.2. The average Bonchev–Trinajstić information content (AvgIpc) is 3.00. The van der Waals surface area contributed by atoms with Gasteiger partial charge in [0.1, 0.15) is 0 Å². The molecule has 0 aromatic carbocycles. The Kier molecular flexibility index (Phi) is 7.69. The van der Waals surface area contributed by atoms with Gasteiger partial charge in [0.05, 0.1) is 0 Å². The maximum atomic E-state index is 11.7. The molecule has 2 fully saturated rings. The van der Waals surface area contributed by atoms with Crippen LogP contribution in [0.15, 0.2) is 0 Å². The first kappa shape index (κ1) is 18.1. The highest BCUT2D eigenvalue weighted by molar-refractivity contribution is 5.78. The molecule has 2 aliphatic carbocycles. The van der Waals surface area contributed by atoms with Gasteiger partial charge < -0.3 is 16.0 Å². The third-order valence-corrected chi connectivity index (χ3v) is 5.24. The molecule has 0 aromatic rings. The van der Waals surface area contributed by atoms with E-state index in [1.807, 2.05) is 0 Å². The minimum atomic E-state index is -0.150. The van der Waals surface area contributed by atoms with Gasteiger partial charge in [-0.05, 0) is 37.5 Å². The van der Waals surface area contributed by atoms with Gasteiger partial charge >= 0.3 is 6.03 Å². The van der Waals surface area contributed by atoms with Crippen molar-refractivity contribution in [1.29, 1.82) is 0 Å². The van der Waals surface area contributed by atoms with Crippen LogP contribution in [0, 0.1) is 11.8 Å². The topological polar surface area (TPSA) is 70.2 Å². The van der Waals surface area contributed by atoms with Crippen LogP contribution < -0.4 is 16.0 Å². The first-order chi connectivity index (χ1) is 11.1. The fraction of sp³-hybridized carbons (Fsp3) is 0.889. The van der Waals surface area contributed by atoms with Crippen LogP contribution in [0.5, 0.6) is 0 Å². The lowest BCUT2D eigenvalue weighted by Crippen LogP contribution is -2.40.